The van der Waals surface area contributed by atoms with Crippen molar-refractivity contribution < 1.29 is 4.79 Å². The summed E-state index contributed by atoms with van der Waals surface area (Å²) in [7, 11) is 0. The second-order valence-corrected chi connectivity index (χ2v) is 5.93. The summed E-state index contributed by atoms with van der Waals surface area (Å²) in [6, 6.07) is 8.18. The van der Waals surface area contributed by atoms with Crippen molar-refractivity contribution >= 4 is 42.1 Å². The average Bonchev–Trinajstić information content (AvgIpc) is 3.09. The van der Waals surface area contributed by atoms with E-state index >= 15 is 0 Å². The minimum atomic E-state index is -0.0227. The van der Waals surface area contributed by atoms with Gasteiger partial charge in [-0.1, -0.05) is 12.5 Å². The lowest BCUT2D eigenvalue weighted by Gasteiger charge is -2.19. The summed E-state index contributed by atoms with van der Waals surface area (Å²) < 4.78 is 0. The first-order chi connectivity index (χ1) is 9.74. The number of hydrogen-bond donors (Lipinski definition) is 2. The molecule has 0 bridgehead atoms. The average molecular weight is 346 g/mol. The van der Waals surface area contributed by atoms with Gasteiger partial charge in [0.05, 0.1) is 5.92 Å². The molecule has 3 rings (SSSR count). The lowest BCUT2D eigenvalue weighted by atomic mass is 10.0. The van der Waals surface area contributed by atoms with Gasteiger partial charge in [0.2, 0.25) is 5.91 Å². The summed E-state index contributed by atoms with van der Waals surface area (Å²) in [5.74, 6) is 0.0546. The fourth-order valence-electron chi connectivity index (χ4n) is 3.30. The predicted molar refractivity (Wildman–Crippen MR) is 96.3 cm³/mol. The summed E-state index contributed by atoms with van der Waals surface area (Å²) in [6.07, 6.45) is 5.46. The normalized spacial score (nSPS) is 23.6. The quantitative estimate of drug-likeness (QED) is 0.884. The van der Waals surface area contributed by atoms with Crippen molar-refractivity contribution in [1.29, 1.82) is 0 Å². The van der Waals surface area contributed by atoms with Gasteiger partial charge in [0.15, 0.2) is 0 Å². The molecule has 0 radical (unpaired) electrons. The van der Waals surface area contributed by atoms with Crippen molar-refractivity contribution in [3.8, 4) is 0 Å². The van der Waals surface area contributed by atoms with Crippen LogP contribution in [-0.2, 0) is 4.79 Å². The third-order valence-corrected chi connectivity index (χ3v) is 4.49. The van der Waals surface area contributed by atoms with E-state index in [-0.39, 0.29) is 42.7 Å². The Labute approximate surface area is 144 Å². The number of nitrogens with one attached hydrogen (secondary N) is 1. The maximum absolute atomic E-state index is 12.3. The summed E-state index contributed by atoms with van der Waals surface area (Å²) in [5, 5.41) is 3.03. The number of nitrogens with two attached hydrogens (primary N) is 1. The van der Waals surface area contributed by atoms with Crippen LogP contribution in [-0.4, -0.2) is 25.0 Å². The molecule has 2 unspecified atom stereocenters. The fraction of sp³-hybridized carbons (Fsp3) is 0.562. The summed E-state index contributed by atoms with van der Waals surface area (Å²) in [5.41, 5.74) is 8.09. The van der Waals surface area contributed by atoms with Gasteiger partial charge in [-0.3, -0.25) is 4.79 Å². The van der Waals surface area contributed by atoms with Crippen molar-refractivity contribution in [3.63, 3.8) is 0 Å². The molecule has 1 aliphatic heterocycles. The number of benzene rings is 1. The smallest absolute Gasteiger partial charge is 0.229 e. The van der Waals surface area contributed by atoms with Gasteiger partial charge in [0, 0.05) is 30.5 Å². The number of carbonyl (C=O) groups is 1. The molecular formula is C16H25Cl2N3O. The van der Waals surface area contributed by atoms with Gasteiger partial charge in [0.25, 0.3) is 0 Å². The highest BCUT2D eigenvalue weighted by atomic mass is 35.5. The zero-order chi connectivity index (χ0) is 13.9. The molecule has 2 atom stereocenters. The van der Waals surface area contributed by atoms with E-state index in [4.69, 9.17) is 5.73 Å². The summed E-state index contributed by atoms with van der Waals surface area (Å²) in [4.78, 5) is 14.6. The van der Waals surface area contributed by atoms with Gasteiger partial charge in [-0.25, -0.2) is 0 Å². The van der Waals surface area contributed by atoms with Gasteiger partial charge in [0.1, 0.15) is 0 Å². The Balaban J connectivity index is 0.00000121. The number of hydrogen-bond acceptors (Lipinski definition) is 3. The van der Waals surface area contributed by atoms with E-state index in [1.807, 2.05) is 12.1 Å². The summed E-state index contributed by atoms with van der Waals surface area (Å²) in [6.45, 7) is 2.23. The molecule has 1 saturated heterocycles. The molecule has 1 aromatic rings. The highest BCUT2D eigenvalue weighted by Crippen LogP contribution is 2.27. The molecule has 3 N–H and O–H groups in total. The first-order valence-corrected chi connectivity index (χ1v) is 7.65. The highest BCUT2D eigenvalue weighted by molar-refractivity contribution is 5.93. The van der Waals surface area contributed by atoms with Crippen LogP contribution in [0.15, 0.2) is 24.3 Å². The molecular weight excluding hydrogens is 321 g/mol. The van der Waals surface area contributed by atoms with Crippen LogP contribution in [0, 0.1) is 5.92 Å². The molecule has 2 aliphatic rings. The molecule has 4 nitrogen and oxygen atoms in total. The van der Waals surface area contributed by atoms with E-state index in [1.54, 1.807) is 0 Å². The van der Waals surface area contributed by atoms with Gasteiger partial charge in [-0.05, 0) is 43.9 Å². The first kappa shape index (κ1) is 19.1. The van der Waals surface area contributed by atoms with E-state index in [1.165, 1.54) is 18.5 Å². The SMILES string of the molecule is Cl.Cl.NC1CCCC1C(=O)Nc1cccc(N2CCCC2)c1. The number of halogens is 2. The van der Waals surface area contributed by atoms with Crippen LogP contribution in [0.2, 0.25) is 0 Å². The molecule has 1 aromatic carbocycles. The molecule has 2 fully saturated rings. The first-order valence-electron chi connectivity index (χ1n) is 7.65. The Bertz CT molecular complexity index is 492. The Morgan fingerprint density at radius 2 is 1.86 bits per heavy atom. The molecule has 22 heavy (non-hydrogen) atoms. The van der Waals surface area contributed by atoms with E-state index in [0.29, 0.717) is 0 Å². The fourth-order valence-corrected chi connectivity index (χ4v) is 3.30. The van der Waals surface area contributed by atoms with E-state index in [2.05, 4.69) is 22.3 Å². The van der Waals surface area contributed by atoms with Gasteiger partial charge in [-0.15, -0.1) is 24.8 Å². The van der Waals surface area contributed by atoms with Crippen LogP contribution >= 0.6 is 24.8 Å². The number of nitrogens with zero attached hydrogens (tertiary/aromatic N) is 1. The lowest BCUT2D eigenvalue weighted by Crippen LogP contribution is -2.34. The third-order valence-electron chi connectivity index (χ3n) is 4.49. The highest BCUT2D eigenvalue weighted by Gasteiger charge is 2.30. The third kappa shape index (κ3) is 4.28. The monoisotopic (exact) mass is 345 g/mol. The van der Waals surface area contributed by atoms with Crippen molar-refractivity contribution in [2.75, 3.05) is 23.3 Å². The van der Waals surface area contributed by atoms with E-state index < -0.39 is 0 Å². The van der Waals surface area contributed by atoms with Crippen LogP contribution in [0.5, 0.6) is 0 Å². The number of rotatable bonds is 3. The van der Waals surface area contributed by atoms with Crippen molar-refractivity contribution in [2.24, 2.45) is 11.7 Å². The second kappa shape index (κ2) is 8.61. The van der Waals surface area contributed by atoms with Crippen LogP contribution in [0.25, 0.3) is 0 Å². The Morgan fingerprint density at radius 1 is 1.14 bits per heavy atom. The Kier molecular flexibility index (Phi) is 7.46. The Hall–Kier alpha value is -0.970. The van der Waals surface area contributed by atoms with Crippen LogP contribution in [0.1, 0.15) is 32.1 Å². The molecule has 124 valence electrons. The molecule has 1 aliphatic carbocycles. The van der Waals surface area contributed by atoms with Crippen molar-refractivity contribution in [3.05, 3.63) is 24.3 Å². The number of carbonyl (C=O) groups excluding carboxylic acids is 1. The molecule has 0 spiro atoms. The van der Waals surface area contributed by atoms with Crippen LogP contribution in [0.3, 0.4) is 0 Å². The maximum atomic E-state index is 12.3. The zero-order valence-electron chi connectivity index (χ0n) is 12.7. The number of anilines is 2. The van der Waals surface area contributed by atoms with Crippen LogP contribution in [0.4, 0.5) is 11.4 Å². The van der Waals surface area contributed by atoms with Gasteiger partial charge >= 0.3 is 0 Å². The minimum Gasteiger partial charge on any atom is -0.371 e. The Morgan fingerprint density at radius 3 is 2.50 bits per heavy atom. The lowest BCUT2D eigenvalue weighted by molar-refractivity contribution is -0.120. The van der Waals surface area contributed by atoms with E-state index in [9.17, 15) is 4.79 Å². The standard InChI is InChI=1S/C16H23N3O.2ClH/c17-15-8-4-7-14(15)16(20)18-12-5-3-6-13(11-12)19-9-1-2-10-19;;/h3,5-6,11,14-15H,1-2,4,7-10,17H2,(H,18,20);2*1H. The van der Waals surface area contributed by atoms with Gasteiger partial charge in [-0.2, -0.15) is 0 Å². The predicted octanol–water partition coefficient (Wildman–Crippen LogP) is 3.20. The van der Waals surface area contributed by atoms with Crippen molar-refractivity contribution in [2.45, 2.75) is 38.1 Å². The minimum absolute atomic E-state index is 0. The van der Waals surface area contributed by atoms with E-state index in [0.717, 1.165) is 38.0 Å². The number of amides is 1. The molecule has 1 amide bonds. The zero-order valence-corrected chi connectivity index (χ0v) is 14.3. The summed E-state index contributed by atoms with van der Waals surface area (Å²) >= 11 is 0. The largest absolute Gasteiger partial charge is 0.371 e. The molecule has 6 heteroatoms. The van der Waals surface area contributed by atoms with Crippen molar-refractivity contribution in [1.82, 2.24) is 0 Å². The molecule has 0 aromatic heterocycles. The molecule has 1 saturated carbocycles. The topological polar surface area (TPSA) is 58.4 Å². The molecule has 1 heterocycles. The second-order valence-electron chi connectivity index (χ2n) is 5.93. The van der Waals surface area contributed by atoms with Crippen LogP contribution < -0.4 is 16.0 Å². The van der Waals surface area contributed by atoms with Gasteiger partial charge < -0.3 is 16.0 Å². The maximum Gasteiger partial charge on any atom is 0.229 e.